The molecule has 8 heteroatoms. The summed E-state index contributed by atoms with van der Waals surface area (Å²) in [6.07, 6.45) is 2.34. The minimum Gasteiger partial charge on any atom is -0.352 e. The van der Waals surface area contributed by atoms with E-state index in [1.807, 2.05) is 14.1 Å². The molecule has 6 nitrogen and oxygen atoms in total. The number of carbonyl (C=O) groups is 1. The van der Waals surface area contributed by atoms with Gasteiger partial charge in [-0.05, 0) is 45.1 Å². The highest BCUT2D eigenvalue weighted by Crippen LogP contribution is 2.25. The van der Waals surface area contributed by atoms with Gasteiger partial charge < -0.3 is 15.2 Å². The molecule has 0 unspecified atom stereocenters. The van der Waals surface area contributed by atoms with Gasteiger partial charge in [0.1, 0.15) is 11.4 Å². The molecule has 0 aliphatic heterocycles. The van der Waals surface area contributed by atoms with E-state index in [9.17, 15) is 9.59 Å². The lowest BCUT2D eigenvalue weighted by molar-refractivity contribution is 0.0948. The van der Waals surface area contributed by atoms with Crippen molar-refractivity contribution in [2.45, 2.75) is 25.8 Å². The van der Waals surface area contributed by atoms with Gasteiger partial charge in [-0.3, -0.25) is 9.59 Å². The van der Waals surface area contributed by atoms with Gasteiger partial charge in [0.15, 0.2) is 0 Å². The van der Waals surface area contributed by atoms with Crippen LogP contribution in [0.25, 0.3) is 0 Å². The number of nitrogens with zero attached hydrogens (tertiary/aromatic N) is 2. The first-order chi connectivity index (χ1) is 12.3. The second kappa shape index (κ2) is 9.16. The predicted molar refractivity (Wildman–Crippen MR) is 104 cm³/mol. The molecule has 1 atom stereocenters. The Bertz CT molecular complexity index is 816. The molecule has 0 fully saturated rings. The summed E-state index contributed by atoms with van der Waals surface area (Å²) in [6.45, 7) is 2.55. The predicted octanol–water partition coefficient (Wildman–Crippen LogP) is 2.74. The molecule has 0 radical (unpaired) electrons. The van der Waals surface area contributed by atoms with Crippen LogP contribution in [0.15, 0.2) is 29.2 Å². The largest absolute Gasteiger partial charge is 0.352 e. The molecule has 0 saturated carbocycles. The molecular weight excluding hydrogens is 375 g/mol. The second-order valence-corrected chi connectivity index (χ2v) is 7.12. The highest BCUT2D eigenvalue weighted by molar-refractivity contribution is 6.36. The highest BCUT2D eigenvalue weighted by atomic mass is 35.5. The van der Waals surface area contributed by atoms with Crippen LogP contribution >= 0.6 is 23.2 Å². The zero-order valence-corrected chi connectivity index (χ0v) is 16.5. The standard InChI is InChI=1S/C18H22Cl2N4O2/c1-11(24(2)3)7-8-21-17(25)13-10-22-16(23-18(13)26)9-12-14(19)5-4-6-15(12)20/h4-6,10-11H,7-9H2,1-3H3,(H,21,25)(H,22,23,26)/t11-/m0/s1. The minimum absolute atomic E-state index is 0.0171. The Balaban J connectivity index is 2.05. The summed E-state index contributed by atoms with van der Waals surface area (Å²) in [5, 5.41) is 3.74. The van der Waals surface area contributed by atoms with Gasteiger partial charge in [0.05, 0.1) is 0 Å². The van der Waals surface area contributed by atoms with E-state index in [4.69, 9.17) is 23.2 Å². The Labute approximate surface area is 162 Å². The lowest BCUT2D eigenvalue weighted by Gasteiger charge is -2.19. The number of halogens is 2. The van der Waals surface area contributed by atoms with Gasteiger partial charge >= 0.3 is 0 Å². The van der Waals surface area contributed by atoms with Crippen LogP contribution in [0.4, 0.5) is 0 Å². The van der Waals surface area contributed by atoms with E-state index in [0.717, 1.165) is 6.42 Å². The summed E-state index contributed by atoms with van der Waals surface area (Å²) in [5.74, 6) is -0.0465. The number of carbonyl (C=O) groups excluding carboxylic acids is 1. The van der Waals surface area contributed by atoms with Crippen molar-refractivity contribution >= 4 is 29.1 Å². The van der Waals surface area contributed by atoms with E-state index in [2.05, 4.69) is 27.1 Å². The molecule has 0 aliphatic carbocycles. The molecule has 2 N–H and O–H groups in total. The number of benzene rings is 1. The van der Waals surface area contributed by atoms with E-state index in [0.29, 0.717) is 34.0 Å². The number of aromatic amines is 1. The molecule has 1 heterocycles. The maximum Gasteiger partial charge on any atom is 0.263 e. The summed E-state index contributed by atoms with van der Waals surface area (Å²) in [4.78, 5) is 33.2. The molecule has 140 valence electrons. The number of nitrogens with one attached hydrogen (secondary N) is 2. The molecule has 0 spiro atoms. The lowest BCUT2D eigenvalue weighted by Crippen LogP contribution is -2.34. The minimum atomic E-state index is -0.490. The van der Waals surface area contributed by atoms with Crippen molar-refractivity contribution in [2.75, 3.05) is 20.6 Å². The average Bonchev–Trinajstić information content (AvgIpc) is 2.58. The fourth-order valence-corrected chi connectivity index (χ4v) is 2.83. The second-order valence-electron chi connectivity index (χ2n) is 6.31. The monoisotopic (exact) mass is 396 g/mol. The smallest absolute Gasteiger partial charge is 0.263 e. The van der Waals surface area contributed by atoms with E-state index >= 15 is 0 Å². The molecule has 1 amide bonds. The number of hydrogen-bond acceptors (Lipinski definition) is 4. The summed E-state index contributed by atoms with van der Waals surface area (Å²) >= 11 is 12.3. The van der Waals surface area contributed by atoms with Gasteiger partial charge in [0.2, 0.25) is 0 Å². The summed E-state index contributed by atoms with van der Waals surface area (Å²) < 4.78 is 0. The van der Waals surface area contributed by atoms with E-state index in [1.165, 1.54) is 6.20 Å². The number of aromatic nitrogens is 2. The van der Waals surface area contributed by atoms with Crippen LogP contribution in [0.1, 0.15) is 35.1 Å². The zero-order chi connectivity index (χ0) is 19.3. The fourth-order valence-electron chi connectivity index (χ4n) is 2.30. The fraction of sp³-hybridized carbons (Fsp3) is 0.389. The maximum atomic E-state index is 12.2. The van der Waals surface area contributed by atoms with E-state index < -0.39 is 11.5 Å². The zero-order valence-electron chi connectivity index (χ0n) is 15.0. The van der Waals surface area contributed by atoms with Gasteiger partial charge in [-0.1, -0.05) is 29.3 Å². The summed E-state index contributed by atoms with van der Waals surface area (Å²) in [5.41, 5.74) is 0.168. The van der Waals surface area contributed by atoms with Crippen molar-refractivity contribution < 1.29 is 4.79 Å². The first kappa shape index (κ1) is 20.4. The van der Waals surface area contributed by atoms with Crippen LogP contribution in [0.3, 0.4) is 0 Å². The van der Waals surface area contributed by atoms with Gasteiger partial charge in [-0.2, -0.15) is 0 Å². The summed E-state index contributed by atoms with van der Waals surface area (Å²) in [6, 6.07) is 5.51. The molecule has 0 aliphatic rings. The van der Waals surface area contributed by atoms with Crippen molar-refractivity contribution in [3.63, 3.8) is 0 Å². The molecule has 0 bridgehead atoms. The Hall–Kier alpha value is -1.89. The Kier molecular flexibility index (Phi) is 7.20. The van der Waals surface area contributed by atoms with Crippen LogP contribution in [0, 0.1) is 0 Å². The van der Waals surface area contributed by atoms with Crippen molar-refractivity contribution in [1.29, 1.82) is 0 Å². The number of rotatable bonds is 7. The molecule has 1 aromatic carbocycles. The Morgan fingerprint density at radius 3 is 2.54 bits per heavy atom. The summed E-state index contributed by atoms with van der Waals surface area (Å²) in [7, 11) is 3.95. The number of amides is 1. The third kappa shape index (κ3) is 5.30. The maximum absolute atomic E-state index is 12.2. The quantitative estimate of drug-likeness (QED) is 0.753. The third-order valence-electron chi connectivity index (χ3n) is 4.23. The van der Waals surface area contributed by atoms with Crippen molar-refractivity contribution in [1.82, 2.24) is 20.2 Å². The molecule has 1 aromatic heterocycles. The SMILES string of the molecule is C[C@@H](CCNC(=O)c1cnc(Cc2c(Cl)cccc2Cl)[nH]c1=O)N(C)C. The van der Waals surface area contributed by atoms with Crippen LogP contribution in [-0.2, 0) is 6.42 Å². The van der Waals surface area contributed by atoms with Crippen LogP contribution < -0.4 is 10.9 Å². The van der Waals surface area contributed by atoms with Gasteiger partial charge in [0, 0.05) is 35.2 Å². The topological polar surface area (TPSA) is 78.1 Å². The van der Waals surface area contributed by atoms with Crippen molar-refractivity contribution in [3.05, 3.63) is 61.7 Å². The third-order valence-corrected chi connectivity index (χ3v) is 4.94. The van der Waals surface area contributed by atoms with Gasteiger partial charge in [-0.25, -0.2) is 4.98 Å². The van der Waals surface area contributed by atoms with Crippen LogP contribution in [0.5, 0.6) is 0 Å². The first-order valence-electron chi connectivity index (χ1n) is 8.25. The van der Waals surface area contributed by atoms with Gasteiger partial charge in [-0.15, -0.1) is 0 Å². The van der Waals surface area contributed by atoms with E-state index in [1.54, 1.807) is 18.2 Å². The Morgan fingerprint density at radius 2 is 1.96 bits per heavy atom. The molecule has 0 saturated heterocycles. The average molecular weight is 397 g/mol. The lowest BCUT2D eigenvalue weighted by atomic mass is 10.1. The van der Waals surface area contributed by atoms with Crippen molar-refractivity contribution in [3.8, 4) is 0 Å². The molecule has 2 rings (SSSR count). The molecular formula is C18H22Cl2N4O2. The first-order valence-corrected chi connectivity index (χ1v) is 9.01. The van der Waals surface area contributed by atoms with Crippen LogP contribution in [-0.4, -0.2) is 47.5 Å². The molecule has 26 heavy (non-hydrogen) atoms. The Morgan fingerprint density at radius 1 is 1.31 bits per heavy atom. The van der Waals surface area contributed by atoms with Crippen molar-refractivity contribution in [2.24, 2.45) is 0 Å². The van der Waals surface area contributed by atoms with Gasteiger partial charge in [0.25, 0.3) is 11.5 Å². The molecule has 2 aromatic rings. The highest BCUT2D eigenvalue weighted by Gasteiger charge is 2.14. The number of hydrogen-bond donors (Lipinski definition) is 2. The normalized spacial score (nSPS) is 12.2. The van der Waals surface area contributed by atoms with Crippen LogP contribution in [0.2, 0.25) is 10.0 Å². The van der Waals surface area contributed by atoms with E-state index in [-0.39, 0.29) is 12.0 Å². The number of H-pyrrole nitrogens is 1.